The Morgan fingerprint density at radius 1 is 1.50 bits per heavy atom. The van der Waals surface area contributed by atoms with Crippen LogP contribution < -0.4 is 0 Å². The molecule has 3 heterocycles. The van der Waals surface area contributed by atoms with Gasteiger partial charge in [-0.3, -0.25) is 4.79 Å². The van der Waals surface area contributed by atoms with Gasteiger partial charge in [0.05, 0.1) is 5.75 Å². The predicted octanol–water partition coefficient (Wildman–Crippen LogP) is 3.18. The normalized spacial score (nSPS) is 19.4. The molecular formula is C14H17N3OS2. The Morgan fingerprint density at radius 2 is 2.40 bits per heavy atom. The Kier molecular flexibility index (Phi) is 4.21. The number of rotatable bonds is 3. The fraction of sp³-hybridized carbons (Fsp3) is 0.500. The molecule has 0 bridgehead atoms. The summed E-state index contributed by atoms with van der Waals surface area (Å²) in [6.45, 7) is 3.04. The summed E-state index contributed by atoms with van der Waals surface area (Å²) in [5.41, 5.74) is 0. The van der Waals surface area contributed by atoms with Crippen LogP contribution in [0.5, 0.6) is 0 Å². The average Bonchev–Trinajstić information content (AvgIpc) is 2.94. The van der Waals surface area contributed by atoms with Gasteiger partial charge in [0.2, 0.25) is 5.91 Å². The lowest BCUT2D eigenvalue weighted by atomic mass is 10.0. The molecule has 0 N–H and O–H groups in total. The van der Waals surface area contributed by atoms with Gasteiger partial charge in [-0.25, -0.2) is 9.97 Å². The summed E-state index contributed by atoms with van der Waals surface area (Å²) in [7, 11) is 0. The van der Waals surface area contributed by atoms with E-state index >= 15 is 0 Å². The molecule has 0 radical (unpaired) electrons. The number of aromatic nitrogens is 2. The van der Waals surface area contributed by atoms with Gasteiger partial charge in [0, 0.05) is 18.0 Å². The van der Waals surface area contributed by atoms with Gasteiger partial charge < -0.3 is 4.90 Å². The van der Waals surface area contributed by atoms with Crippen molar-refractivity contribution in [2.24, 2.45) is 0 Å². The van der Waals surface area contributed by atoms with Crippen LogP contribution in [0.3, 0.4) is 0 Å². The number of likely N-dealkylation sites (tertiary alicyclic amines) is 1. The van der Waals surface area contributed by atoms with E-state index in [1.807, 2.05) is 16.3 Å². The van der Waals surface area contributed by atoms with Crippen molar-refractivity contribution in [2.75, 3.05) is 12.3 Å². The number of thioether (sulfide) groups is 1. The number of hydrogen-bond acceptors (Lipinski definition) is 5. The zero-order valence-corrected chi connectivity index (χ0v) is 13.0. The molecule has 0 saturated carbocycles. The molecule has 0 aliphatic carbocycles. The lowest BCUT2D eigenvalue weighted by Crippen LogP contribution is -2.42. The van der Waals surface area contributed by atoms with E-state index in [0.29, 0.717) is 11.8 Å². The highest BCUT2D eigenvalue weighted by Gasteiger charge is 2.23. The van der Waals surface area contributed by atoms with Crippen LogP contribution in [0.1, 0.15) is 26.2 Å². The van der Waals surface area contributed by atoms with Crippen LogP contribution in [0.25, 0.3) is 10.2 Å². The Labute approximate surface area is 126 Å². The van der Waals surface area contributed by atoms with Crippen molar-refractivity contribution in [3.8, 4) is 0 Å². The first-order valence-corrected chi connectivity index (χ1v) is 8.72. The standard InChI is InChI=1S/C14H17N3OS2/c1-10-4-2-3-6-17(10)12(18)8-20-14-11-5-7-19-13(11)15-9-16-14/h5,7,9-10H,2-4,6,8H2,1H3. The van der Waals surface area contributed by atoms with E-state index in [2.05, 4.69) is 16.9 Å². The van der Waals surface area contributed by atoms with Crippen LogP contribution in [-0.4, -0.2) is 39.1 Å². The number of amides is 1. The number of nitrogens with zero attached hydrogens (tertiary/aromatic N) is 3. The van der Waals surface area contributed by atoms with Gasteiger partial charge in [-0.15, -0.1) is 11.3 Å². The van der Waals surface area contributed by atoms with Crippen LogP contribution in [0.4, 0.5) is 0 Å². The zero-order chi connectivity index (χ0) is 13.9. The monoisotopic (exact) mass is 307 g/mol. The van der Waals surface area contributed by atoms with Crippen molar-refractivity contribution in [2.45, 2.75) is 37.3 Å². The molecule has 106 valence electrons. The minimum Gasteiger partial charge on any atom is -0.339 e. The molecule has 1 saturated heterocycles. The molecule has 3 rings (SSSR count). The topological polar surface area (TPSA) is 46.1 Å². The van der Waals surface area contributed by atoms with Crippen molar-refractivity contribution < 1.29 is 4.79 Å². The summed E-state index contributed by atoms with van der Waals surface area (Å²) in [5, 5.41) is 3.98. The number of thiophene rings is 1. The number of carbonyl (C=O) groups is 1. The quantitative estimate of drug-likeness (QED) is 0.645. The second kappa shape index (κ2) is 6.10. The molecular weight excluding hydrogens is 290 g/mol. The van der Waals surface area contributed by atoms with Gasteiger partial charge in [-0.05, 0) is 37.6 Å². The van der Waals surface area contributed by atoms with Crippen LogP contribution in [0, 0.1) is 0 Å². The summed E-state index contributed by atoms with van der Waals surface area (Å²) in [4.78, 5) is 23.9. The molecule has 0 aromatic carbocycles. The molecule has 1 fully saturated rings. The third kappa shape index (κ3) is 2.81. The van der Waals surface area contributed by atoms with E-state index in [1.54, 1.807) is 17.7 Å². The maximum atomic E-state index is 12.3. The van der Waals surface area contributed by atoms with Crippen molar-refractivity contribution in [1.29, 1.82) is 0 Å². The SMILES string of the molecule is CC1CCCCN1C(=O)CSc1ncnc2sccc12. The molecule has 1 atom stereocenters. The van der Waals surface area contributed by atoms with E-state index in [4.69, 9.17) is 0 Å². The highest BCUT2D eigenvalue weighted by molar-refractivity contribution is 8.00. The number of carbonyl (C=O) groups excluding carboxylic acids is 1. The largest absolute Gasteiger partial charge is 0.339 e. The van der Waals surface area contributed by atoms with E-state index in [9.17, 15) is 4.79 Å². The highest BCUT2D eigenvalue weighted by Crippen LogP contribution is 2.28. The molecule has 1 aliphatic rings. The fourth-order valence-corrected chi connectivity index (χ4v) is 4.23. The Bertz CT molecular complexity index is 613. The maximum Gasteiger partial charge on any atom is 0.233 e. The van der Waals surface area contributed by atoms with Gasteiger partial charge in [-0.2, -0.15) is 0 Å². The van der Waals surface area contributed by atoms with Crippen LogP contribution in [0.15, 0.2) is 22.8 Å². The second-order valence-corrected chi connectivity index (χ2v) is 6.90. The molecule has 6 heteroatoms. The van der Waals surface area contributed by atoms with Gasteiger partial charge in [0.15, 0.2) is 0 Å². The molecule has 2 aromatic rings. The van der Waals surface area contributed by atoms with Crippen LogP contribution >= 0.6 is 23.1 Å². The number of fused-ring (bicyclic) bond motifs is 1. The molecule has 1 unspecified atom stereocenters. The number of piperidine rings is 1. The Hall–Kier alpha value is -1.14. The lowest BCUT2D eigenvalue weighted by Gasteiger charge is -2.33. The summed E-state index contributed by atoms with van der Waals surface area (Å²) in [5.74, 6) is 0.691. The Balaban J connectivity index is 1.67. The van der Waals surface area contributed by atoms with Crippen molar-refractivity contribution >= 4 is 39.2 Å². The van der Waals surface area contributed by atoms with E-state index in [0.717, 1.165) is 34.6 Å². The minimum absolute atomic E-state index is 0.226. The van der Waals surface area contributed by atoms with Gasteiger partial charge in [-0.1, -0.05) is 11.8 Å². The molecule has 0 spiro atoms. The maximum absolute atomic E-state index is 12.3. The summed E-state index contributed by atoms with van der Waals surface area (Å²) < 4.78 is 0. The Morgan fingerprint density at radius 3 is 3.25 bits per heavy atom. The average molecular weight is 307 g/mol. The first-order chi connectivity index (χ1) is 9.75. The second-order valence-electron chi connectivity index (χ2n) is 5.04. The molecule has 1 amide bonds. The van der Waals surface area contributed by atoms with Crippen molar-refractivity contribution in [1.82, 2.24) is 14.9 Å². The molecule has 20 heavy (non-hydrogen) atoms. The third-order valence-electron chi connectivity index (χ3n) is 3.68. The summed E-state index contributed by atoms with van der Waals surface area (Å²) in [6.07, 6.45) is 5.07. The first kappa shape index (κ1) is 13.8. The van der Waals surface area contributed by atoms with Gasteiger partial charge in [0.1, 0.15) is 16.2 Å². The third-order valence-corrected chi connectivity index (χ3v) is 5.49. The van der Waals surface area contributed by atoms with Crippen molar-refractivity contribution in [3.63, 3.8) is 0 Å². The summed E-state index contributed by atoms with van der Waals surface area (Å²) >= 11 is 3.13. The van der Waals surface area contributed by atoms with Crippen molar-refractivity contribution in [3.05, 3.63) is 17.8 Å². The van der Waals surface area contributed by atoms with Gasteiger partial charge in [0.25, 0.3) is 0 Å². The lowest BCUT2D eigenvalue weighted by molar-refractivity contribution is -0.131. The number of hydrogen-bond donors (Lipinski definition) is 0. The zero-order valence-electron chi connectivity index (χ0n) is 11.4. The van der Waals surface area contributed by atoms with E-state index in [-0.39, 0.29) is 5.91 Å². The van der Waals surface area contributed by atoms with Crippen LogP contribution in [0.2, 0.25) is 0 Å². The molecule has 2 aromatic heterocycles. The van der Waals surface area contributed by atoms with Crippen LogP contribution in [-0.2, 0) is 4.79 Å². The minimum atomic E-state index is 0.226. The fourth-order valence-electron chi connectivity index (χ4n) is 2.56. The smallest absolute Gasteiger partial charge is 0.233 e. The molecule has 1 aliphatic heterocycles. The highest BCUT2D eigenvalue weighted by atomic mass is 32.2. The van der Waals surface area contributed by atoms with E-state index < -0.39 is 0 Å². The predicted molar refractivity (Wildman–Crippen MR) is 83.2 cm³/mol. The summed E-state index contributed by atoms with van der Waals surface area (Å²) in [6, 6.07) is 2.40. The first-order valence-electron chi connectivity index (χ1n) is 6.86. The van der Waals surface area contributed by atoms with E-state index in [1.165, 1.54) is 18.2 Å². The van der Waals surface area contributed by atoms with Gasteiger partial charge >= 0.3 is 0 Å². The molecule has 4 nitrogen and oxygen atoms in total.